The molecule has 15 nitrogen and oxygen atoms in total. The Morgan fingerprint density at radius 2 is 1.19 bits per heavy atom. The lowest BCUT2D eigenvalue weighted by molar-refractivity contribution is -0.285. The molecule has 3 unspecified atom stereocenters. The molecule has 58 heavy (non-hydrogen) atoms. The fourth-order valence-corrected chi connectivity index (χ4v) is 7.31. The molecule has 0 aliphatic carbocycles. The SMILES string of the molecule is NCCCCc1ccc(CCC(NCCCN(C[C@H](O)[C@@H](O)[C@@H]2OC(c3ccccc3)OC[C@H]2O)C[C@H](O)[C@@H](O)[C@@H]2OC(c3ccccc3)OC[C@H]2O)C(N)=O)cc1. The molecule has 1 amide bonds. The summed E-state index contributed by atoms with van der Waals surface area (Å²) in [6.07, 6.45) is -8.13. The second-order valence-electron chi connectivity index (χ2n) is 15.2. The van der Waals surface area contributed by atoms with Crippen molar-refractivity contribution in [1.29, 1.82) is 0 Å². The van der Waals surface area contributed by atoms with Crippen LogP contribution >= 0.6 is 0 Å². The first-order valence-corrected chi connectivity index (χ1v) is 20.3. The quantitative estimate of drug-likeness (QED) is 0.0591. The summed E-state index contributed by atoms with van der Waals surface area (Å²) in [5, 5.41) is 70.0. The summed E-state index contributed by atoms with van der Waals surface area (Å²) in [5.74, 6) is -0.486. The van der Waals surface area contributed by atoms with E-state index < -0.39 is 73.4 Å². The van der Waals surface area contributed by atoms with E-state index in [1.165, 1.54) is 5.56 Å². The van der Waals surface area contributed by atoms with Crippen molar-refractivity contribution in [2.45, 2.75) is 106 Å². The smallest absolute Gasteiger partial charge is 0.234 e. The number of primary amides is 1. The van der Waals surface area contributed by atoms with Crippen molar-refractivity contribution in [2.24, 2.45) is 11.5 Å². The minimum Gasteiger partial charge on any atom is -0.389 e. The zero-order valence-electron chi connectivity index (χ0n) is 33.0. The third-order valence-corrected chi connectivity index (χ3v) is 10.7. The van der Waals surface area contributed by atoms with Crippen LogP contribution in [0.25, 0.3) is 0 Å². The Balaban J connectivity index is 1.20. The van der Waals surface area contributed by atoms with Crippen LogP contribution in [0.4, 0.5) is 0 Å². The highest BCUT2D eigenvalue weighted by Crippen LogP contribution is 2.30. The van der Waals surface area contributed by atoms with Crippen LogP contribution in [-0.2, 0) is 36.6 Å². The first-order valence-electron chi connectivity index (χ1n) is 20.3. The molecule has 320 valence electrons. The maximum absolute atomic E-state index is 12.4. The van der Waals surface area contributed by atoms with Gasteiger partial charge in [-0.15, -0.1) is 0 Å². The maximum atomic E-state index is 12.4. The second kappa shape index (κ2) is 23.4. The van der Waals surface area contributed by atoms with Gasteiger partial charge in [0.1, 0.15) is 36.6 Å². The van der Waals surface area contributed by atoms with Crippen LogP contribution in [0.15, 0.2) is 84.9 Å². The minimum absolute atomic E-state index is 0.132. The van der Waals surface area contributed by atoms with Crippen LogP contribution in [0.1, 0.15) is 60.5 Å². The average molecular weight is 811 g/mol. The first-order chi connectivity index (χ1) is 28.0. The van der Waals surface area contributed by atoms with Gasteiger partial charge in [0.2, 0.25) is 5.91 Å². The molecule has 0 spiro atoms. The number of ether oxygens (including phenoxy) is 4. The lowest BCUT2D eigenvalue weighted by atomic mass is 9.99. The summed E-state index contributed by atoms with van der Waals surface area (Å²) in [5.41, 5.74) is 15.1. The van der Waals surface area contributed by atoms with Gasteiger partial charge in [-0.3, -0.25) is 9.69 Å². The third-order valence-electron chi connectivity index (χ3n) is 10.7. The van der Waals surface area contributed by atoms with Gasteiger partial charge in [0.15, 0.2) is 12.6 Å². The van der Waals surface area contributed by atoms with E-state index in [1.807, 2.05) is 36.4 Å². The molecule has 11 N–H and O–H groups in total. The van der Waals surface area contributed by atoms with E-state index >= 15 is 0 Å². The van der Waals surface area contributed by atoms with Crippen LogP contribution in [0.2, 0.25) is 0 Å². The van der Waals surface area contributed by atoms with Crippen molar-refractivity contribution < 1.29 is 54.4 Å². The Bertz CT molecular complexity index is 1530. The summed E-state index contributed by atoms with van der Waals surface area (Å²) >= 11 is 0. The van der Waals surface area contributed by atoms with Crippen molar-refractivity contribution in [1.82, 2.24) is 10.2 Å². The number of aryl methyl sites for hydroxylation is 2. The standard InChI is InChI=1S/C43H62N4O11/c44-21-8-7-10-28-15-17-29(18-16-28)19-20-32(41(45)54)46-22-9-23-47(24-33(48)37(52)39-35(50)26-55-42(57-39)30-11-3-1-4-12-30)25-34(49)38(53)40-36(51)27-56-43(58-40)31-13-5-2-6-14-31/h1-6,11-18,32-40,42-43,46,48-53H,7-10,19-27,44H2,(H2,45,54)/t32?,33-,34-,35+,36+,37+,38+,39+,40+,42?,43?/m0/s1. The van der Waals surface area contributed by atoms with Crippen molar-refractivity contribution in [2.75, 3.05) is 45.9 Å². The van der Waals surface area contributed by atoms with Gasteiger partial charge < -0.3 is 66.4 Å². The third kappa shape index (κ3) is 13.6. The fourth-order valence-electron chi connectivity index (χ4n) is 7.31. The van der Waals surface area contributed by atoms with Gasteiger partial charge in [-0.2, -0.15) is 0 Å². The van der Waals surface area contributed by atoms with E-state index in [1.54, 1.807) is 29.2 Å². The molecule has 2 saturated heterocycles. The molecule has 2 fully saturated rings. The van der Waals surface area contributed by atoms with Gasteiger partial charge >= 0.3 is 0 Å². The van der Waals surface area contributed by atoms with Crippen molar-refractivity contribution >= 4 is 5.91 Å². The molecule has 5 rings (SSSR count). The van der Waals surface area contributed by atoms with E-state index in [0.717, 1.165) is 24.8 Å². The molecule has 15 heteroatoms. The molecule has 0 radical (unpaired) electrons. The number of hydrogen-bond donors (Lipinski definition) is 9. The normalized spacial score (nSPS) is 25.2. The van der Waals surface area contributed by atoms with Crippen molar-refractivity contribution in [3.63, 3.8) is 0 Å². The Kier molecular flexibility index (Phi) is 18.4. The molecule has 2 aliphatic rings. The Hall–Kier alpha value is -3.39. The largest absolute Gasteiger partial charge is 0.389 e. The number of amides is 1. The number of carbonyl (C=O) groups excluding carboxylic acids is 1. The van der Waals surface area contributed by atoms with E-state index in [4.69, 9.17) is 30.4 Å². The van der Waals surface area contributed by atoms with Gasteiger partial charge in [-0.1, -0.05) is 84.9 Å². The predicted molar refractivity (Wildman–Crippen MR) is 215 cm³/mol. The van der Waals surface area contributed by atoms with Crippen molar-refractivity contribution in [3.05, 3.63) is 107 Å². The molecule has 0 aromatic heterocycles. The highest BCUT2D eigenvalue weighted by molar-refractivity contribution is 5.79. The highest BCUT2D eigenvalue weighted by Gasteiger charge is 2.42. The van der Waals surface area contributed by atoms with Gasteiger partial charge in [-0.25, -0.2) is 0 Å². The van der Waals surface area contributed by atoms with Crippen LogP contribution in [0.5, 0.6) is 0 Å². The summed E-state index contributed by atoms with van der Waals surface area (Å²) in [6, 6.07) is 25.8. The van der Waals surface area contributed by atoms with E-state index in [-0.39, 0.29) is 32.8 Å². The Morgan fingerprint density at radius 3 is 1.66 bits per heavy atom. The topological polar surface area (TPSA) is 243 Å². The minimum atomic E-state index is -1.56. The van der Waals surface area contributed by atoms with Crippen LogP contribution < -0.4 is 16.8 Å². The zero-order valence-corrected chi connectivity index (χ0v) is 33.0. The van der Waals surface area contributed by atoms with Gasteiger partial charge in [0.25, 0.3) is 0 Å². The number of carbonyl (C=O) groups is 1. The molecule has 2 aliphatic heterocycles. The predicted octanol–water partition coefficient (Wildman–Crippen LogP) is 0.430. The van der Waals surface area contributed by atoms with E-state index in [2.05, 4.69) is 29.6 Å². The molecular formula is C43H62N4O11. The summed E-state index contributed by atoms with van der Waals surface area (Å²) in [4.78, 5) is 14.1. The van der Waals surface area contributed by atoms with Gasteiger partial charge in [-0.05, 0) is 69.3 Å². The van der Waals surface area contributed by atoms with Crippen LogP contribution in [0, 0.1) is 0 Å². The zero-order chi connectivity index (χ0) is 41.4. The number of unbranched alkanes of at least 4 members (excludes halogenated alkanes) is 1. The molecule has 3 aromatic rings. The fraction of sp³-hybridized carbons (Fsp3) is 0.558. The lowest BCUT2D eigenvalue weighted by Crippen LogP contribution is -2.56. The monoisotopic (exact) mass is 810 g/mol. The van der Waals surface area contributed by atoms with Crippen LogP contribution in [0.3, 0.4) is 0 Å². The second-order valence-corrected chi connectivity index (χ2v) is 15.2. The van der Waals surface area contributed by atoms with E-state index in [9.17, 15) is 35.4 Å². The molecule has 0 bridgehead atoms. The number of hydrogen-bond acceptors (Lipinski definition) is 14. The summed E-state index contributed by atoms with van der Waals surface area (Å²) < 4.78 is 23.1. The van der Waals surface area contributed by atoms with Crippen LogP contribution in [-0.4, -0.2) is 142 Å². The molecule has 2 heterocycles. The number of aliphatic hydroxyl groups excluding tert-OH is 6. The molecule has 0 saturated carbocycles. The van der Waals surface area contributed by atoms with E-state index in [0.29, 0.717) is 43.5 Å². The average Bonchev–Trinajstić information content (AvgIpc) is 3.24. The number of nitrogens with two attached hydrogens (primary N) is 2. The lowest BCUT2D eigenvalue weighted by Gasteiger charge is -2.40. The molecule has 3 aromatic carbocycles. The Morgan fingerprint density at radius 1 is 0.707 bits per heavy atom. The number of rotatable bonds is 23. The number of aliphatic hydroxyl groups is 6. The number of nitrogens with zero attached hydrogens (tertiary/aromatic N) is 1. The van der Waals surface area contributed by atoms with Gasteiger partial charge in [0.05, 0.1) is 31.5 Å². The van der Waals surface area contributed by atoms with Gasteiger partial charge in [0, 0.05) is 24.2 Å². The van der Waals surface area contributed by atoms with Crippen molar-refractivity contribution in [3.8, 4) is 0 Å². The highest BCUT2D eigenvalue weighted by atomic mass is 16.7. The molecular weight excluding hydrogens is 748 g/mol. The Labute approximate surface area is 340 Å². The molecule has 11 atom stereocenters. The first kappa shape index (κ1) is 45.7. The number of nitrogens with one attached hydrogen (secondary N) is 1. The number of benzene rings is 3. The summed E-state index contributed by atoms with van der Waals surface area (Å²) in [6.45, 7) is 0.613. The summed E-state index contributed by atoms with van der Waals surface area (Å²) in [7, 11) is 0. The maximum Gasteiger partial charge on any atom is 0.234 e.